The van der Waals surface area contributed by atoms with Gasteiger partial charge in [-0.3, -0.25) is 15.1 Å². The van der Waals surface area contributed by atoms with Gasteiger partial charge in [-0.1, -0.05) is 0 Å². The van der Waals surface area contributed by atoms with E-state index in [1.807, 2.05) is 0 Å². The van der Waals surface area contributed by atoms with Gasteiger partial charge in [0.1, 0.15) is 11.5 Å². The first-order chi connectivity index (χ1) is 14.4. The van der Waals surface area contributed by atoms with Gasteiger partial charge in [0.15, 0.2) is 5.96 Å². The second kappa shape index (κ2) is 13.4. The van der Waals surface area contributed by atoms with Gasteiger partial charge < -0.3 is 25.4 Å². The quantitative estimate of drug-likeness (QED) is 0.103. The molecule has 0 aliphatic rings. The molecule has 0 saturated heterocycles. The Labute approximate surface area is 195 Å². The lowest BCUT2D eigenvalue weighted by atomic mass is 10.2. The molecular formula is C19H24F2IN5O4. The van der Waals surface area contributed by atoms with Gasteiger partial charge in [-0.15, -0.1) is 24.0 Å². The molecule has 0 fully saturated rings. The van der Waals surface area contributed by atoms with Crippen molar-refractivity contribution in [1.82, 2.24) is 10.6 Å². The van der Waals surface area contributed by atoms with Crippen LogP contribution in [0.5, 0.6) is 11.5 Å². The van der Waals surface area contributed by atoms with Crippen LogP contribution >= 0.6 is 24.0 Å². The first-order valence-corrected chi connectivity index (χ1v) is 8.97. The number of nitrogens with one attached hydrogen (secondary N) is 3. The van der Waals surface area contributed by atoms with E-state index in [4.69, 9.17) is 4.74 Å². The highest BCUT2D eigenvalue weighted by molar-refractivity contribution is 14.0. The molecule has 2 rings (SSSR count). The van der Waals surface area contributed by atoms with Gasteiger partial charge in [0, 0.05) is 50.1 Å². The lowest BCUT2D eigenvalue weighted by Gasteiger charge is -2.15. The number of anilines is 1. The molecule has 0 bridgehead atoms. The fraction of sp³-hybridized carbons (Fsp3) is 0.316. The van der Waals surface area contributed by atoms with Crippen LogP contribution in [-0.2, 0) is 6.54 Å². The number of hydrogen-bond acceptors (Lipinski definition) is 6. The number of alkyl halides is 2. The Morgan fingerprint density at radius 2 is 1.87 bits per heavy atom. The van der Waals surface area contributed by atoms with E-state index in [1.54, 1.807) is 25.2 Å². The largest absolute Gasteiger partial charge is 0.497 e. The Morgan fingerprint density at radius 1 is 1.16 bits per heavy atom. The van der Waals surface area contributed by atoms with E-state index in [1.165, 1.54) is 31.4 Å². The smallest absolute Gasteiger partial charge is 0.387 e. The Morgan fingerprint density at radius 3 is 2.45 bits per heavy atom. The summed E-state index contributed by atoms with van der Waals surface area (Å²) in [6.07, 6.45) is 0. The van der Waals surface area contributed by atoms with Crippen molar-refractivity contribution in [3.05, 3.63) is 58.1 Å². The van der Waals surface area contributed by atoms with Crippen LogP contribution in [0.3, 0.4) is 0 Å². The number of nitro benzene ring substituents is 1. The van der Waals surface area contributed by atoms with Crippen molar-refractivity contribution < 1.29 is 23.2 Å². The molecule has 31 heavy (non-hydrogen) atoms. The first-order valence-electron chi connectivity index (χ1n) is 8.97. The zero-order valence-corrected chi connectivity index (χ0v) is 19.3. The number of rotatable bonds is 10. The van der Waals surface area contributed by atoms with E-state index < -0.39 is 11.5 Å². The molecule has 170 valence electrons. The van der Waals surface area contributed by atoms with Crippen LogP contribution in [0.2, 0.25) is 0 Å². The van der Waals surface area contributed by atoms with E-state index in [9.17, 15) is 18.9 Å². The van der Waals surface area contributed by atoms with Gasteiger partial charge in [-0.05, 0) is 30.3 Å². The number of nitro groups is 1. The molecule has 12 heteroatoms. The molecular weight excluding hydrogens is 527 g/mol. The van der Waals surface area contributed by atoms with Crippen molar-refractivity contribution >= 4 is 41.3 Å². The Bertz CT molecular complexity index is 869. The average molecular weight is 551 g/mol. The number of hydrogen-bond donors (Lipinski definition) is 3. The number of nitrogens with zero attached hydrogens (tertiary/aromatic N) is 2. The number of halogens is 3. The standard InChI is InChI=1S/C19H23F2N5O4.HI/c1-22-19(24-10-9-23-14-3-5-15(6-4-14)26(27)28)25-12-13-11-16(29-2)7-8-17(13)30-18(20)21;/h3-8,11,18,23H,9-10,12H2,1-2H3,(H2,22,24,25);1H. The van der Waals surface area contributed by atoms with Gasteiger partial charge in [0.25, 0.3) is 5.69 Å². The third-order valence-corrected chi connectivity index (χ3v) is 3.98. The summed E-state index contributed by atoms with van der Waals surface area (Å²) >= 11 is 0. The van der Waals surface area contributed by atoms with Crippen LogP contribution in [0.4, 0.5) is 20.2 Å². The maximum Gasteiger partial charge on any atom is 0.387 e. The molecule has 0 unspecified atom stereocenters. The van der Waals surface area contributed by atoms with Crippen molar-refractivity contribution in [3.63, 3.8) is 0 Å². The van der Waals surface area contributed by atoms with Crippen LogP contribution in [0.15, 0.2) is 47.5 Å². The fourth-order valence-corrected chi connectivity index (χ4v) is 2.52. The highest BCUT2D eigenvalue weighted by Crippen LogP contribution is 2.25. The number of non-ortho nitro benzene ring substituents is 1. The molecule has 0 radical (unpaired) electrons. The highest BCUT2D eigenvalue weighted by Gasteiger charge is 2.11. The second-order valence-electron chi connectivity index (χ2n) is 5.94. The van der Waals surface area contributed by atoms with Crippen molar-refractivity contribution in [1.29, 1.82) is 0 Å². The number of benzene rings is 2. The fourth-order valence-electron chi connectivity index (χ4n) is 2.52. The Balaban J connectivity index is 0.00000480. The molecule has 3 N–H and O–H groups in total. The van der Waals surface area contributed by atoms with Crippen LogP contribution < -0.4 is 25.4 Å². The van der Waals surface area contributed by atoms with E-state index >= 15 is 0 Å². The molecule has 0 amide bonds. The zero-order chi connectivity index (χ0) is 21.9. The van der Waals surface area contributed by atoms with Crippen LogP contribution in [0.1, 0.15) is 5.56 Å². The predicted molar refractivity (Wildman–Crippen MR) is 125 cm³/mol. The molecule has 0 heterocycles. The van der Waals surface area contributed by atoms with Crippen molar-refractivity contribution in [2.24, 2.45) is 4.99 Å². The van der Waals surface area contributed by atoms with E-state index in [0.29, 0.717) is 30.4 Å². The molecule has 9 nitrogen and oxygen atoms in total. The SMILES string of the molecule is CN=C(NCCNc1ccc([N+](=O)[O-])cc1)NCc1cc(OC)ccc1OC(F)F.I. The van der Waals surface area contributed by atoms with Crippen molar-refractivity contribution in [2.75, 3.05) is 32.6 Å². The van der Waals surface area contributed by atoms with Gasteiger partial charge in [0.05, 0.1) is 12.0 Å². The van der Waals surface area contributed by atoms with E-state index in [-0.39, 0.29) is 42.0 Å². The summed E-state index contributed by atoms with van der Waals surface area (Å²) in [7, 11) is 3.07. The molecule has 0 aliphatic heterocycles. The zero-order valence-electron chi connectivity index (χ0n) is 16.9. The average Bonchev–Trinajstić information content (AvgIpc) is 2.74. The van der Waals surface area contributed by atoms with Gasteiger partial charge in [0.2, 0.25) is 0 Å². The number of aliphatic imine (C=N–C) groups is 1. The van der Waals surface area contributed by atoms with Crippen LogP contribution in [0, 0.1) is 10.1 Å². The monoisotopic (exact) mass is 551 g/mol. The molecule has 0 spiro atoms. The van der Waals surface area contributed by atoms with E-state index in [0.717, 1.165) is 5.69 Å². The molecule has 0 saturated carbocycles. The predicted octanol–water partition coefficient (Wildman–Crippen LogP) is 3.60. The third kappa shape index (κ3) is 8.78. The van der Waals surface area contributed by atoms with Crippen molar-refractivity contribution in [2.45, 2.75) is 13.2 Å². The molecule has 2 aromatic rings. The minimum absolute atomic E-state index is 0. The topological polar surface area (TPSA) is 110 Å². The lowest BCUT2D eigenvalue weighted by Crippen LogP contribution is -2.39. The summed E-state index contributed by atoms with van der Waals surface area (Å²) in [4.78, 5) is 14.3. The summed E-state index contributed by atoms with van der Waals surface area (Å²) in [5.74, 6) is 1.03. The number of methoxy groups -OCH3 is 1. The maximum atomic E-state index is 12.6. The first kappa shape index (κ1) is 26.1. The Kier molecular flexibility index (Phi) is 11.3. The minimum atomic E-state index is -2.93. The maximum absolute atomic E-state index is 12.6. The molecule has 0 aromatic heterocycles. The molecule has 2 aromatic carbocycles. The lowest BCUT2D eigenvalue weighted by molar-refractivity contribution is -0.384. The van der Waals surface area contributed by atoms with E-state index in [2.05, 4.69) is 25.7 Å². The molecule has 0 atom stereocenters. The third-order valence-electron chi connectivity index (χ3n) is 3.98. The number of ether oxygens (including phenoxy) is 2. The van der Waals surface area contributed by atoms with Gasteiger partial charge >= 0.3 is 6.61 Å². The summed E-state index contributed by atoms with van der Waals surface area (Å²) in [6.45, 7) is -1.72. The molecule has 0 aliphatic carbocycles. The van der Waals surface area contributed by atoms with Crippen LogP contribution in [0.25, 0.3) is 0 Å². The van der Waals surface area contributed by atoms with Crippen molar-refractivity contribution in [3.8, 4) is 11.5 Å². The number of guanidine groups is 1. The van der Waals surface area contributed by atoms with Gasteiger partial charge in [-0.2, -0.15) is 8.78 Å². The minimum Gasteiger partial charge on any atom is -0.497 e. The second-order valence-corrected chi connectivity index (χ2v) is 5.94. The summed E-state index contributed by atoms with van der Waals surface area (Å²) in [6, 6.07) is 10.7. The normalized spacial score (nSPS) is 10.8. The summed E-state index contributed by atoms with van der Waals surface area (Å²) in [5.41, 5.74) is 1.26. The van der Waals surface area contributed by atoms with Crippen LogP contribution in [-0.4, -0.2) is 44.7 Å². The summed E-state index contributed by atoms with van der Waals surface area (Å²) < 4.78 is 34.9. The summed E-state index contributed by atoms with van der Waals surface area (Å²) in [5, 5.41) is 19.9. The van der Waals surface area contributed by atoms with Gasteiger partial charge in [-0.25, -0.2) is 0 Å². The highest BCUT2D eigenvalue weighted by atomic mass is 127. The Hall–Kier alpha value is -2.90.